The van der Waals surface area contributed by atoms with E-state index in [0.29, 0.717) is 29.6 Å². The lowest BCUT2D eigenvalue weighted by Gasteiger charge is -2.61. The average molecular weight is 375 g/mol. The minimum atomic E-state index is -0.528. The molecular weight excluding hydrogens is 336 g/mol. The van der Waals surface area contributed by atoms with Crippen LogP contribution in [0.25, 0.3) is 0 Å². The molecule has 4 rings (SSSR count). The average Bonchev–Trinajstić information content (AvgIpc) is 2.95. The van der Waals surface area contributed by atoms with Gasteiger partial charge in [0.1, 0.15) is 11.4 Å². The second kappa shape index (κ2) is 6.68. The van der Waals surface area contributed by atoms with Crippen LogP contribution in [0.1, 0.15) is 91.9 Å². The van der Waals surface area contributed by atoms with Crippen LogP contribution < -0.4 is 0 Å². The van der Waals surface area contributed by atoms with E-state index >= 15 is 0 Å². The minimum Gasteiger partial charge on any atom is -0.367 e. The van der Waals surface area contributed by atoms with Crippen molar-refractivity contribution in [1.29, 1.82) is 0 Å². The highest BCUT2D eigenvalue weighted by atomic mass is 16.5. The van der Waals surface area contributed by atoms with E-state index < -0.39 is 5.60 Å². The Bertz CT molecular complexity index is 627. The second-order valence-corrected chi connectivity index (χ2v) is 10.7. The molecule has 0 aromatic heterocycles. The SMILES string of the molecule is CCCO[C@@]1(C(C)=O)CC[C@]2(C)C3CC[C@]4(C)C(=O)CCC4C3CC[C@H]2C1. The number of ketones is 2. The van der Waals surface area contributed by atoms with Gasteiger partial charge in [0.05, 0.1) is 0 Å². The molecule has 4 saturated carbocycles. The van der Waals surface area contributed by atoms with Crippen molar-refractivity contribution >= 4 is 11.6 Å². The molecule has 0 heterocycles. The molecule has 0 spiro atoms. The fourth-order valence-corrected chi connectivity index (χ4v) is 7.85. The van der Waals surface area contributed by atoms with Gasteiger partial charge in [-0.2, -0.15) is 0 Å². The summed E-state index contributed by atoms with van der Waals surface area (Å²) in [5.41, 5.74) is -0.240. The normalized spacial score (nSPS) is 49.3. The van der Waals surface area contributed by atoms with Crippen molar-refractivity contribution in [1.82, 2.24) is 0 Å². The molecule has 152 valence electrons. The smallest absolute Gasteiger partial charge is 0.161 e. The number of rotatable bonds is 4. The van der Waals surface area contributed by atoms with Gasteiger partial charge in [0.25, 0.3) is 0 Å². The van der Waals surface area contributed by atoms with Crippen LogP contribution in [0.2, 0.25) is 0 Å². The van der Waals surface area contributed by atoms with Gasteiger partial charge in [-0.1, -0.05) is 20.8 Å². The summed E-state index contributed by atoms with van der Waals surface area (Å²) in [7, 11) is 0. The Kier molecular flexibility index (Phi) is 4.85. The molecule has 0 saturated heterocycles. The fraction of sp³-hybridized carbons (Fsp3) is 0.917. The van der Waals surface area contributed by atoms with Gasteiger partial charge in [0, 0.05) is 18.4 Å². The third kappa shape index (κ3) is 2.78. The zero-order valence-corrected chi connectivity index (χ0v) is 17.8. The Hall–Kier alpha value is -0.700. The summed E-state index contributed by atoms with van der Waals surface area (Å²) in [6.45, 7) is 9.32. The zero-order valence-electron chi connectivity index (χ0n) is 17.8. The summed E-state index contributed by atoms with van der Waals surface area (Å²) in [5.74, 6) is 3.42. The molecule has 27 heavy (non-hydrogen) atoms. The lowest BCUT2D eigenvalue weighted by molar-refractivity contribution is -0.176. The van der Waals surface area contributed by atoms with Crippen LogP contribution in [0.15, 0.2) is 0 Å². The highest BCUT2D eigenvalue weighted by Gasteiger charge is 2.62. The molecule has 4 fully saturated rings. The third-order valence-electron chi connectivity index (χ3n) is 9.64. The quantitative estimate of drug-likeness (QED) is 0.666. The van der Waals surface area contributed by atoms with Crippen molar-refractivity contribution in [2.75, 3.05) is 6.61 Å². The first-order valence-corrected chi connectivity index (χ1v) is 11.4. The van der Waals surface area contributed by atoms with E-state index in [1.54, 1.807) is 6.92 Å². The maximum Gasteiger partial charge on any atom is 0.161 e. The van der Waals surface area contributed by atoms with Crippen LogP contribution in [0.3, 0.4) is 0 Å². The van der Waals surface area contributed by atoms with E-state index in [2.05, 4.69) is 20.8 Å². The van der Waals surface area contributed by atoms with Crippen molar-refractivity contribution in [2.45, 2.75) is 97.5 Å². The summed E-state index contributed by atoms with van der Waals surface area (Å²) in [6, 6.07) is 0. The number of hydrogen-bond acceptors (Lipinski definition) is 3. The Morgan fingerprint density at radius 1 is 1.07 bits per heavy atom. The summed E-state index contributed by atoms with van der Waals surface area (Å²) in [4.78, 5) is 25.1. The molecule has 0 aromatic rings. The monoisotopic (exact) mass is 374 g/mol. The molecule has 3 nitrogen and oxygen atoms in total. The molecule has 3 unspecified atom stereocenters. The molecule has 0 radical (unpaired) electrons. The Morgan fingerprint density at radius 3 is 2.56 bits per heavy atom. The maximum absolute atomic E-state index is 12.6. The molecular formula is C24H38O3. The first-order chi connectivity index (χ1) is 12.8. The maximum atomic E-state index is 12.6. The molecule has 3 heteroatoms. The van der Waals surface area contributed by atoms with Gasteiger partial charge < -0.3 is 4.74 Å². The summed E-state index contributed by atoms with van der Waals surface area (Å²) < 4.78 is 6.22. The predicted molar refractivity (Wildman–Crippen MR) is 106 cm³/mol. The summed E-state index contributed by atoms with van der Waals surface area (Å²) >= 11 is 0. The van der Waals surface area contributed by atoms with Crippen molar-refractivity contribution in [3.8, 4) is 0 Å². The van der Waals surface area contributed by atoms with Gasteiger partial charge in [-0.15, -0.1) is 0 Å². The van der Waals surface area contributed by atoms with Gasteiger partial charge in [-0.05, 0) is 93.8 Å². The van der Waals surface area contributed by atoms with Gasteiger partial charge >= 0.3 is 0 Å². The van der Waals surface area contributed by atoms with E-state index in [9.17, 15) is 9.59 Å². The van der Waals surface area contributed by atoms with Gasteiger partial charge in [-0.25, -0.2) is 0 Å². The number of carbonyl (C=O) groups is 2. The van der Waals surface area contributed by atoms with Crippen LogP contribution in [0.4, 0.5) is 0 Å². The number of Topliss-reactive ketones (excluding diaryl/α,β-unsaturated/α-hetero) is 2. The van der Waals surface area contributed by atoms with Crippen molar-refractivity contribution in [3.63, 3.8) is 0 Å². The molecule has 0 bridgehead atoms. The standard InChI is InChI=1S/C24H38O3/c1-5-14-27-24(16(2)25)13-12-22(3)17(15-24)6-7-18-19-8-9-21(26)23(19,4)11-10-20(18)22/h17-20H,5-15H2,1-4H3/t17-,18?,19?,20?,22-,23-,24-/m0/s1. The van der Waals surface area contributed by atoms with Gasteiger partial charge in [0.2, 0.25) is 0 Å². The topological polar surface area (TPSA) is 43.4 Å². The van der Waals surface area contributed by atoms with Crippen LogP contribution in [-0.2, 0) is 14.3 Å². The first-order valence-electron chi connectivity index (χ1n) is 11.4. The van der Waals surface area contributed by atoms with Crippen molar-refractivity contribution < 1.29 is 14.3 Å². The summed E-state index contributed by atoms with van der Waals surface area (Å²) in [5, 5.41) is 0. The van der Waals surface area contributed by atoms with Crippen LogP contribution in [0.5, 0.6) is 0 Å². The van der Waals surface area contributed by atoms with Crippen LogP contribution in [0, 0.1) is 34.5 Å². The van der Waals surface area contributed by atoms with Crippen molar-refractivity contribution in [2.24, 2.45) is 34.5 Å². The Morgan fingerprint density at radius 2 is 1.85 bits per heavy atom. The highest BCUT2D eigenvalue weighted by Crippen LogP contribution is 2.66. The first kappa shape index (κ1) is 19.6. The van der Waals surface area contributed by atoms with Crippen molar-refractivity contribution in [3.05, 3.63) is 0 Å². The Balaban J connectivity index is 1.57. The van der Waals surface area contributed by atoms with E-state index in [4.69, 9.17) is 4.74 Å². The lowest BCUT2D eigenvalue weighted by atomic mass is 9.44. The molecule has 4 aliphatic rings. The molecule has 7 atom stereocenters. The third-order valence-corrected chi connectivity index (χ3v) is 9.64. The minimum absolute atomic E-state index is 0.0353. The molecule has 0 amide bonds. The second-order valence-electron chi connectivity index (χ2n) is 10.7. The van der Waals surface area contributed by atoms with Crippen LogP contribution >= 0.6 is 0 Å². The number of carbonyl (C=O) groups excluding carboxylic acids is 2. The molecule has 0 N–H and O–H groups in total. The van der Waals surface area contributed by atoms with Crippen LogP contribution in [-0.4, -0.2) is 23.8 Å². The molecule has 0 aromatic carbocycles. The fourth-order valence-electron chi connectivity index (χ4n) is 7.85. The molecule has 0 aliphatic heterocycles. The number of hydrogen-bond donors (Lipinski definition) is 0. The Labute approximate surface area is 165 Å². The predicted octanol–water partition coefficient (Wildman–Crippen LogP) is 5.35. The van der Waals surface area contributed by atoms with E-state index in [1.165, 1.54) is 19.3 Å². The largest absolute Gasteiger partial charge is 0.367 e. The number of fused-ring (bicyclic) bond motifs is 5. The van der Waals surface area contributed by atoms with E-state index in [-0.39, 0.29) is 11.2 Å². The van der Waals surface area contributed by atoms with E-state index in [1.807, 2.05) is 0 Å². The highest BCUT2D eigenvalue weighted by molar-refractivity contribution is 5.87. The number of ether oxygens (including phenoxy) is 1. The summed E-state index contributed by atoms with van der Waals surface area (Å²) in [6.07, 6.45) is 10.6. The molecule has 4 aliphatic carbocycles. The zero-order chi connectivity index (χ0) is 19.4. The van der Waals surface area contributed by atoms with Gasteiger partial charge in [-0.3, -0.25) is 9.59 Å². The van der Waals surface area contributed by atoms with E-state index in [0.717, 1.165) is 56.8 Å². The lowest BCUT2D eigenvalue weighted by Crippen LogP contribution is -2.57. The van der Waals surface area contributed by atoms with Gasteiger partial charge in [0.15, 0.2) is 5.78 Å².